The highest BCUT2D eigenvalue weighted by Crippen LogP contribution is 2.68. The van der Waals surface area contributed by atoms with E-state index in [1.54, 1.807) is 19.3 Å². The number of ether oxygens (including phenoxy) is 1. The lowest BCUT2D eigenvalue weighted by Gasteiger charge is -2.43. The van der Waals surface area contributed by atoms with Gasteiger partial charge in [0.25, 0.3) is 0 Å². The fourth-order valence-electron chi connectivity index (χ4n) is 8.97. The van der Waals surface area contributed by atoms with Crippen molar-refractivity contribution in [3.63, 3.8) is 0 Å². The molecule has 5 aliphatic rings. The van der Waals surface area contributed by atoms with Gasteiger partial charge in [0.15, 0.2) is 0 Å². The lowest BCUT2D eigenvalue weighted by molar-refractivity contribution is -0.116. The molecule has 0 heterocycles. The summed E-state index contributed by atoms with van der Waals surface area (Å²) in [6, 6.07) is 0. The van der Waals surface area contributed by atoms with Crippen molar-refractivity contribution in [1.82, 2.24) is 0 Å². The van der Waals surface area contributed by atoms with Gasteiger partial charge in [0, 0.05) is 0 Å². The number of hydrogen-bond acceptors (Lipinski definition) is 1. The first-order valence-corrected chi connectivity index (χ1v) is 11.2. The quantitative estimate of drug-likeness (QED) is 0.581. The molecule has 136 valence electrons. The van der Waals surface area contributed by atoms with E-state index in [4.69, 9.17) is 4.74 Å². The second kappa shape index (κ2) is 5.48. The summed E-state index contributed by atoms with van der Waals surface area (Å²) in [5.41, 5.74) is 0.421. The zero-order chi connectivity index (χ0) is 16.6. The minimum atomic E-state index is 0.421. The van der Waals surface area contributed by atoms with Crippen LogP contribution in [-0.4, -0.2) is 12.2 Å². The predicted molar refractivity (Wildman–Crippen MR) is 98.6 cm³/mol. The van der Waals surface area contributed by atoms with E-state index in [1.807, 2.05) is 0 Å². The van der Waals surface area contributed by atoms with E-state index >= 15 is 0 Å². The lowest BCUT2D eigenvalue weighted by atomic mass is 9.69. The summed E-state index contributed by atoms with van der Waals surface area (Å²) in [5.74, 6) is 8.11. The standard InChI is InChI=1S/C23H38O/c1-5-18-8-13(2)12-23(18,4)14(3)24-20-11-17-10-19(20)22-16-7-6-15(9-16)21(17)22/h13-22H,5-12H2,1-4H3. The van der Waals surface area contributed by atoms with Crippen LogP contribution in [0.25, 0.3) is 0 Å². The van der Waals surface area contributed by atoms with Gasteiger partial charge in [-0.3, -0.25) is 0 Å². The molecule has 5 aliphatic carbocycles. The van der Waals surface area contributed by atoms with Crippen molar-refractivity contribution in [3.05, 3.63) is 0 Å². The van der Waals surface area contributed by atoms with Crippen LogP contribution >= 0.6 is 0 Å². The van der Waals surface area contributed by atoms with Crippen molar-refractivity contribution in [2.45, 2.75) is 91.3 Å². The fourth-order valence-corrected chi connectivity index (χ4v) is 8.97. The largest absolute Gasteiger partial charge is 0.374 e. The molecule has 1 nitrogen and oxygen atoms in total. The summed E-state index contributed by atoms with van der Waals surface area (Å²) in [7, 11) is 0. The minimum Gasteiger partial charge on any atom is -0.374 e. The predicted octanol–water partition coefficient (Wildman–Crippen LogP) is 5.92. The molecule has 5 fully saturated rings. The molecule has 0 radical (unpaired) electrons. The third kappa shape index (κ3) is 2.09. The van der Waals surface area contributed by atoms with E-state index in [9.17, 15) is 0 Å². The van der Waals surface area contributed by atoms with Gasteiger partial charge >= 0.3 is 0 Å². The Morgan fingerprint density at radius 2 is 1.75 bits per heavy atom. The first kappa shape index (κ1) is 16.2. The van der Waals surface area contributed by atoms with Crippen LogP contribution in [-0.2, 0) is 4.74 Å². The molecule has 0 aliphatic heterocycles. The number of fused-ring (bicyclic) bond motifs is 9. The van der Waals surface area contributed by atoms with Gasteiger partial charge in [0.2, 0.25) is 0 Å². The van der Waals surface area contributed by atoms with Gasteiger partial charge in [-0.15, -0.1) is 0 Å². The van der Waals surface area contributed by atoms with Crippen LogP contribution in [0.3, 0.4) is 0 Å². The molecule has 24 heavy (non-hydrogen) atoms. The minimum absolute atomic E-state index is 0.421. The number of rotatable bonds is 4. The van der Waals surface area contributed by atoms with Gasteiger partial charge in [-0.05, 0) is 105 Å². The second-order valence-electron chi connectivity index (χ2n) is 10.9. The Morgan fingerprint density at radius 1 is 1.00 bits per heavy atom. The Hall–Kier alpha value is -0.0400. The number of hydrogen-bond donors (Lipinski definition) is 0. The van der Waals surface area contributed by atoms with Crippen LogP contribution < -0.4 is 0 Å². The van der Waals surface area contributed by atoms with Crippen LogP contribution in [0.5, 0.6) is 0 Å². The molecule has 4 bridgehead atoms. The first-order valence-electron chi connectivity index (χ1n) is 11.2. The first-order chi connectivity index (χ1) is 11.5. The van der Waals surface area contributed by atoms with Gasteiger partial charge in [0.05, 0.1) is 12.2 Å². The van der Waals surface area contributed by atoms with Crippen molar-refractivity contribution < 1.29 is 4.74 Å². The van der Waals surface area contributed by atoms with Crippen molar-refractivity contribution >= 4 is 0 Å². The molecule has 5 saturated carbocycles. The summed E-state index contributed by atoms with van der Waals surface area (Å²) in [6.45, 7) is 9.82. The molecule has 11 unspecified atom stereocenters. The van der Waals surface area contributed by atoms with Gasteiger partial charge < -0.3 is 4.74 Å². The van der Waals surface area contributed by atoms with Crippen molar-refractivity contribution in [3.8, 4) is 0 Å². The third-order valence-electron chi connectivity index (χ3n) is 9.88. The molecular weight excluding hydrogens is 292 g/mol. The SMILES string of the molecule is CCC1CC(C)CC1(C)C(C)OC1CC2CC1C1C3CCC(C3)C21. The third-order valence-corrected chi connectivity index (χ3v) is 9.88. The van der Waals surface area contributed by atoms with Gasteiger partial charge in [-0.1, -0.05) is 27.2 Å². The second-order valence-corrected chi connectivity index (χ2v) is 10.9. The van der Waals surface area contributed by atoms with Crippen molar-refractivity contribution in [2.24, 2.45) is 52.8 Å². The molecule has 0 aromatic carbocycles. The zero-order valence-electron chi connectivity index (χ0n) is 16.3. The summed E-state index contributed by atoms with van der Waals surface area (Å²) in [4.78, 5) is 0. The maximum atomic E-state index is 6.93. The van der Waals surface area contributed by atoms with Crippen molar-refractivity contribution in [1.29, 1.82) is 0 Å². The van der Waals surface area contributed by atoms with Gasteiger partial charge in [0.1, 0.15) is 0 Å². The molecular formula is C23H38O. The van der Waals surface area contributed by atoms with Gasteiger partial charge in [-0.25, -0.2) is 0 Å². The Kier molecular flexibility index (Phi) is 3.69. The molecule has 11 atom stereocenters. The average molecular weight is 331 g/mol. The smallest absolute Gasteiger partial charge is 0.0612 e. The van der Waals surface area contributed by atoms with E-state index in [0.717, 1.165) is 47.3 Å². The molecule has 0 aromatic heterocycles. The lowest BCUT2D eigenvalue weighted by Crippen LogP contribution is -2.42. The van der Waals surface area contributed by atoms with Gasteiger partial charge in [-0.2, -0.15) is 0 Å². The Morgan fingerprint density at radius 3 is 2.50 bits per heavy atom. The Balaban J connectivity index is 1.29. The summed E-state index contributed by atoms with van der Waals surface area (Å²) < 4.78 is 6.93. The zero-order valence-corrected chi connectivity index (χ0v) is 16.3. The maximum absolute atomic E-state index is 6.93. The molecule has 0 amide bonds. The molecule has 5 rings (SSSR count). The van der Waals surface area contributed by atoms with E-state index in [-0.39, 0.29) is 0 Å². The summed E-state index contributed by atoms with van der Waals surface area (Å²) >= 11 is 0. The topological polar surface area (TPSA) is 9.23 Å². The van der Waals surface area contributed by atoms with Crippen LogP contribution in [0.4, 0.5) is 0 Å². The van der Waals surface area contributed by atoms with E-state index in [0.29, 0.717) is 17.6 Å². The highest BCUT2D eigenvalue weighted by molar-refractivity contribution is 5.11. The fraction of sp³-hybridized carbons (Fsp3) is 1.00. The van der Waals surface area contributed by atoms with Crippen LogP contribution in [0, 0.1) is 52.8 Å². The van der Waals surface area contributed by atoms with Crippen LogP contribution in [0.15, 0.2) is 0 Å². The van der Waals surface area contributed by atoms with E-state index < -0.39 is 0 Å². The van der Waals surface area contributed by atoms with E-state index in [1.165, 1.54) is 32.1 Å². The van der Waals surface area contributed by atoms with Crippen LogP contribution in [0.2, 0.25) is 0 Å². The summed E-state index contributed by atoms with van der Waals surface area (Å²) in [5, 5.41) is 0. The Labute approximate surface area is 149 Å². The molecule has 0 saturated heterocycles. The monoisotopic (exact) mass is 330 g/mol. The van der Waals surface area contributed by atoms with E-state index in [2.05, 4.69) is 27.7 Å². The van der Waals surface area contributed by atoms with Crippen molar-refractivity contribution in [2.75, 3.05) is 0 Å². The highest BCUT2D eigenvalue weighted by Gasteiger charge is 2.63. The molecule has 0 N–H and O–H groups in total. The normalized spacial score (nSPS) is 59.2. The van der Waals surface area contributed by atoms with Crippen LogP contribution in [0.1, 0.15) is 79.1 Å². The molecule has 0 aromatic rings. The molecule has 0 spiro atoms. The highest BCUT2D eigenvalue weighted by atomic mass is 16.5. The average Bonchev–Trinajstić information content (AvgIpc) is 3.31. The Bertz CT molecular complexity index is 500. The molecule has 1 heteroatoms. The maximum Gasteiger partial charge on any atom is 0.0612 e. The summed E-state index contributed by atoms with van der Waals surface area (Å²) in [6.07, 6.45) is 12.8.